The van der Waals surface area contributed by atoms with Gasteiger partial charge in [-0.1, -0.05) is 19.1 Å². The number of allylic oxidation sites excluding steroid dienone is 4. The smallest absolute Gasteiger partial charge is 0.0891 e. The second kappa shape index (κ2) is 4.44. The molecule has 0 saturated heterocycles. The molecule has 8 heavy (non-hydrogen) atoms. The third kappa shape index (κ3) is 5.28. The van der Waals surface area contributed by atoms with Crippen molar-refractivity contribution in [2.24, 2.45) is 0 Å². The van der Waals surface area contributed by atoms with Crippen LogP contribution in [0, 0.1) is 0 Å². The van der Waals surface area contributed by atoms with Gasteiger partial charge in [-0.2, -0.15) is 0 Å². The number of hydrogen-bond acceptors (Lipinski definition) is 1. The molecule has 0 unspecified atom stereocenters. The van der Waals surface area contributed by atoms with Crippen molar-refractivity contribution in [2.45, 2.75) is 20.3 Å². The van der Waals surface area contributed by atoms with Crippen molar-refractivity contribution in [3.8, 4) is 0 Å². The highest BCUT2D eigenvalue weighted by atomic mass is 16.3. The van der Waals surface area contributed by atoms with E-state index < -0.39 is 0 Å². The number of aliphatic hydroxyl groups is 1. The van der Waals surface area contributed by atoms with E-state index in [1.165, 1.54) is 0 Å². The summed E-state index contributed by atoms with van der Waals surface area (Å²) in [5.41, 5.74) is 0. The summed E-state index contributed by atoms with van der Waals surface area (Å²) in [5.74, 6) is 0.356. The molecular weight excluding hydrogens is 100 g/mol. The first kappa shape index (κ1) is 7.28. The molecule has 1 nitrogen and oxygen atoms in total. The lowest BCUT2D eigenvalue weighted by Gasteiger charge is -1.80. The maximum Gasteiger partial charge on any atom is 0.0891 e. The fourth-order valence-corrected chi connectivity index (χ4v) is 0.343. The van der Waals surface area contributed by atoms with Gasteiger partial charge >= 0.3 is 0 Å². The minimum absolute atomic E-state index is 0.356. The summed E-state index contributed by atoms with van der Waals surface area (Å²) in [6, 6.07) is 0. The van der Waals surface area contributed by atoms with Crippen LogP contribution < -0.4 is 0 Å². The first-order valence-electron chi connectivity index (χ1n) is 2.79. The fourth-order valence-electron chi connectivity index (χ4n) is 0.343. The third-order valence-corrected chi connectivity index (χ3v) is 0.709. The van der Waals surface area contributed by atoms with Crippen molar-refractivity contribution in [1.29, 1.82) is 0 Å². The van der Waals surface area contributed by atoms with E-state index in [-0.39, 0.29) is 0 Å². The molecule has 0 aromatic carbocycles. The van der Waals surface area contributed by atoms with E-state index >= 15 is 0 Å². The Morgan fingerprint density at radius 3 is 2.62 bits per heavy atom. The monoisotopic (exact) mass is 112 g/mol. The highest BCUT2D eigenvalue weighted by Crippen LogP contribution is 1.86. The summed E-state index contributed by atoms with van der Waals surface area (Å²) >= 11 is 0. The molecule has 0 rings (SSSR count). The summed E-state index contributed by atoms with van der Waals surface area (Å²) < 4.78 is 0. The zero-order chi connectivity index (χ0) is 6.41. The number of aliphatic hydroxyl groups excluding tert-OH is 1. The molecule has 0 aromatic heterocycles. The van der Waals surface area contributed by atoms with Gasteiger partial charge in [0.25, 0.3) is 0 Å². The van der Waals surface area contributed by atoms with Gasteiger partial charge in [0.05, 0.1) is 5.76 Å². The van der Waals surface area contributed by atoms with Crippen molar-refractivity contribution in [2.75, 3.05) is 0 Å². The van der Waals surface area contributed by atoms with Gasteiger partial charge in [0.2, 0.25) is 0 Å². The zero-order valence-corrected chi connectivity index (χ0v) is 5.39. The van der Waals surface area contributed by atoms with Gasteiger partial charge in [-0.25, -0.2) is 0 Å². The summed E-state index contributed by atoms with van der Waals surface area (Å²) in [6.45, 7) is 3.71. The molecule has 1 heteroatoms. The maximum atomic E-state index is 8.59. The largest absolute Gasteiger partial charge is 0.513 e. The predicted octanol–water partition coefficient (Wildman–Crippen LogP) is 2.41. The topological polar surface area (TPSA) is 20.2 Å². The van der Waals surface area contributed by atoms with Crippen molar-refractivity contribution in [3.05, 3.63) is 24.0 Å². The fraction of sp³-hybridized carbons (Fsp3) is 0.429. The lowest BCUT2D eigenvalue weighted by atomic mass is 10.4. The highest BCUT2D eigenvalue weighted by molar-refractivity contribution is 5.04. The van der Waals surface area contributed by atoms with Crippen LogP contribution in [0.2, 0.25) is 0 Å². The molecule has 0 aliphatic rings. The number of hydrogen-bond donors (Lipinski definition) is 1. The van der Waals surface area contributed by atoms with Gasteiger partial charge in [-0.3, -0.25) is 0 Å². The molecule has 0 fully saturated rings. The predicted molar refractivity (Wildman–Crippen MR) is 35.8 cm³/mol. The van der Waals surface area contributed by atoms with Crippen LogP contribution >= 0.6 is 0 Å². The lowest BCUT2D eigenvalue weighted by Crippen LogP contribution is -1.64. The molecule has 0 bridgehead atoms. The molecule has 0 spiro atoms. The third-order valence-electron chi connectivity index (χ3n) is 0.709. The Morgan fingerprint density at radius 2 is 2.25 bits per heavy atom. The van der Waals surface area contributed by atoms with Crippen LogP contribution in [0.4, 0.5) is 0 Å². The van der Waals surface area contributed by atoms with Gasteiger partial charge in [-0.05, 0) is 19.4 Å². The lowest BCUT2D eigenvalue weighted by molar-refractivity contribution is 0.414. The van der Waals surface area contributed by atoms with E-state index in [1.807, 2.05) is 12.2 Å². The Bertz CT molecular complexity index is 97.0. The second-order valence-corrected chi connectivity index (χ2v) is 1.64. The van der Waals surface area contributed by atoms with Crippen molar-refractivity contribution >= 4 is 0 Å². The van der Waals surface area contributed by atoms with Crippen molar-refractivity contribution in [1.82, 2.24) is 0 Å². The van der Waals surface area contributed by atoms with Gasteiger partial charge in [0.1, 0.15) is 0 Å². The Hall–Kier alpha value is -0.720. The Balaban J connectivity index is 3.42. The highest BCUT2D eigenvalue weighted by Gasteiger charge is 1.70. The minimum Gasteiger partial charge on any atom is -0.513 e. The Labute approximate surface area is 50.3 Å². The normalized spacial score (nSPS) is 13.0. The van der Waals surface area contributed by atoms with Crippen LogP contribution in [-0.2, 0) is 0 Å². The zero-order valence-electron chi connectivity index (χ0n) is 5.39. The van der Waals surface area contributed by atoms with E-state index in [2.05, 4.69) is 6.92 Å². The molecule has 1 N–H and O–H groups in total. The molecular formula is C7H12O. The van der Waals surface area contributed by atoms with Crippen LogP contribution in [0.15, 0.2) is 24.0 Å². The second-order valence-electron chi connectivity index (χ2n) is 1.64. The average molecular weight is 112 g/mol. The molecule has 0 heterocycles. The molecule has 0 amide bonds. The van der Waals surface area contributed by atoms with Gasteiger partial charge in [-0.15, -0.1) is 0 Å². The standard InChI is InChI=1S/C7H12O/c1-3-4-5-6-7(2)8/h4-6,8H,3H2,1-2H3/b5-4+,7-6+. The first-order chi connectivity index (χ1) is 3.77. The van der Waals surface area contributed by atoms with E-state index in [0.29, 0.717) is 5.76 Å². The van der Waals surface area contributed by atoms with Crippen LogP contribution in [0.3, 0.4) is 0 Å². The van der Waals surface area contributed by atoms with E-state index in [9.17, 15) is 0 Å². The van der Waals surface area contributed by atoms with Crippen LogP contribution in [-0.4, -0.2) is 5.11 Å². The molecule has 0 atom stereocenters. The average Bonchev–Trinajstić information content (AvgIpc) is 1.66. The van der Waals surface area contributed by atoms with E-state index in [4.69, 9.17) is 5.11 Å². The first-order valence-corrected chi connectivity index (χ1v) is 2.79. The summed E-state index contributed by atoms with van der Waals surface area (Å²) in [4.78, 5) is 0. The SMILES string of the molecule is CC/C=C/C=C(\C)O. The molecule has 0 aliphatic carbocycles. The summed E-state index contributed by atoms with van der Waals surface area (Å²) in [6.07, 6.45) is 6.52. The molecule has 0 saturated carbocycles. The van der Waals surface area contributed by atoms with Crippen LogP contribution in [0.1, 0.15) is 20.3 Å². The molecule has 46 valence electrons. The Morgan fingerprint density at radius 1 is 1.62 bits per heavy atom. The van der Waals surface area contributed by atoms with Gasteiger partial charge in [0, 0.05) is 0 Å². The van der Waals surface area contributed by atoms with Crippen molar-refractivity contribution < 1.29 is 5.11 Å². The van der Waals surface area contributed by atoms with E-state index in [0.717, 1.165) is 6.42 Å². The van der Waals surface area contributed by atoms with Crippen molar-refractivity contribution in [3.63, 3.8) is 0 Å². The quantitative estimate of drug-likeness (QED) is 0.429. The van der Waals surface area contributed by atoms with E-state index in [1.54, 1.807) is 13.0 Å². The Kier molecular flexibility index (Phi) is 4.04. The van der Waals surface area contributed by atoms with Gasteiger partial charge in [0.15, 0.2) is 0 Å². The molecule has 0 radical (unpaired) electrons. The maximum absolute atomic E-state index is 8.59. The van der Waals surface area contributed by atoms with Gasteiger partial charge < -0.3 is 5.11 Å². The molecule has 0 aromatic rings. The van der Waals surface area contributed by atoms with Crippen LogP contribution in [0.5, 0.6) is 0 Å². The summed E-state index contributed by atoms with van der Waals surface area (Å²) in [7, 11) is 0. The molecule has 0 aliphatic heterocycles. The van der Waals surface area contributed by atoms with Crippen LogP contribution in [0.25, 0.3) is 0 Å². The number of rotatable bonds is 2. The summed E-state index contributed by atoms with van der Waals surface area (Å²) in [5, 5.41) is 8.59. The minimum atomic E-state index is 0.356.